The van der Waals surface area contributed by atoms with Crippen molar-refractivity contribution >= 4 is 11.9 Å². The van der Waals surface area contributed by atoms with E-state index in [0.717, 1.165) is 32.6 Å². The van der Waals surface area contributed by atoms with Gasteiger partial charge in [0.25, 0.3) is 0 Å². The summed E-state index contributed by atoms with van der Waals surface area (Å²) < 4.78 is 9.72. The van der Waals surface area contributed by atoms with Crippen LogP contribution in [0.1, 0.15) is 26.3 Å². The summed E-state index contributed by atoms with van der Waals surface area (Å²) in [7, 11) is 3.95. The van der Waals surface area contributed by atoms with Gasteiger partial charge in [0, 0.05) is 40.0 Å². The molecule has 0 aliphatic carbocycles. The fraction of sp³-hybridized carbons (Fsp3) is 0.600. The fourth-order valence-corrected chi connectivity index (χ4v) is 1.97. The van der Waals surface area contributed by atoms with E-state index in [0.29, 0.717) is 13.2 Å². The normalized spacial score (nSPS) is 10.3. The van der Waals surface area contributed by atoms with Crippen molar-refractivity contribution in [1.29, 1.82) is 0 Å². The van der Waals surface area contributed by atoms with Gasteiger partial charge in [0.15, 0.2) is 0 Å². The average Bonchev–Trinajstić information content (AvgIpc) is 2.60. The van der Waals surface area contributed by atoms with Gasteiger partial charge in [-0.05, 0) is 26.1 Å². The van der Waals surface area contributed by atoms with Crippen LogP contribution in [0.15, 0.2) is 30.3 Å². The number of hydrogen-bond donors (Lipinski definition) is 0. The van der Waals surface area contributed by atoms with Gasteiger partial charge in [-0.1, -0.05) is 37.3 Å². The van der Waals surface area contributed by atoms with Crippen molar-refractivity contribution in [2.45, 2.75) is 27.2 Å². The maximum atomic E-state index is 10.6. The number of hydrogen-bond acceptors (Lipinski definition) is 6. The van der Waals surface area contributed by atoms with Crippen LogP contribution in [0.5, 0.6) is 0 Å². The van der Waals surface area contributed by atoms with E-state index < -0.39 is 0 Å². The molecule has 0 spiro atoms. The third-order valence-electron chi connectivity index (χ3n) is 3.67. The van der Waals surface area contributed by atoms with Crippen molar-refractivity contribution < 1.29 is 19.1 Å². The highest BCUT2D eigenvalue weighted by Crippen LogP contribution is 1.96. The highest BCUT2D eigenvalue weighted by Gasteiger charge is 2.03. The number of nitrogens with zero attached hydrogens (tertiary/aromatic N) is 2. The Balaban J connectivity index is 0.000000642. The Hall–Kier alpha value is -1.92. The molecule has 0 radical (unpaired) electrons. The van der Waals surface area contributed by atoms with Gasteiger partial charge in [-0.15, -0.1) is 0 Å². The van der Waals surface area contributed by atoms with Gasteiger partial charge in [-0.2, -0.15) is 0 Å². The van der Waals surface area contributed by atoms with E-state index in [1.54, 1.807) is 0 Å². The number of esters is 2. The van der Waals surface area contributed by atoms with Gasteiger partial charge in [0.1, 0.15) is 13.2 Å². The Kier molecular flexibility index (Phi) is 14.2. The zero-order valence-electron chi connectivity index (χ0n) is 16.9. The van der Waals surface area contributed by atoms with Gasteiger partial charge < -0.3 is 19.3 Å². The molecule has 0 amide bonds. The second-order valence-corrected chi connectivity index (χ2v) is 6.13. The predicted octanol–water partition coefficient (Wildman–Crippen LogP) is 2.23. The van der Waals surface area contributed by atoms with Crippen molar-refractivity contribution in [1.82, 2.24) is 9.80 Å². The lowest BCUT2D eigenvalue weighted by atomic mass is 10.2. The summed E-state index contributed by atoms with van der Waals surface area (Å²) in [5.74, 6) is -0.496. The van der Waals surface area contributed by atoms with Gasteiger partial charge in [0.2, 0.25) is 0 Å². The van der Waals surface area contributed by atoms with Crippen molar-refractivity contribution in [3.63, 3.8) is 0 Å². The van der Waals surface area contributed by atoms with E-state index in [2.05, 4.69) is 41.0 Å². The number of carbonyl (C=O) groups is 2. The molecule has 0 atom stereocenters. The zero-order chi connectivity index (χ0) is 19.8. The monoisotopic (exact) mass is 366 g/mol. The van der Waals surface area contributed by atoms with E-state index in [-0.39, 0.29) is 11.9 Å². The predicted molar refractivity (Wildman–Crippen MR) is 104 cm³/mol. The maximum absolute atomic E-state index is 10.6. The highest BCUT2D eigenvalue weighted by molar-refractivity contribution is 5.66. The van der Waals surface area contributed by atoms with Gasteiger partial charge >= 0.3 is 11.9 Å². The lowest BCUT2D eigenvalue weighted by Gasteiger charge is -2.21. The third-order valence-corrected chi connectivity index (χ3v) is 3.67. The number of ether oxygens (including phenoxy) is 2. The van der Waals surface area contributed by atoms with Crippen LogP contribution < -0.4 is 0 Å². The first-order valence-corrected chi connectivity index (χ1v) is 9.02. The topological polar surface area (TPSA) is 59.1 Å². The van der Waals surface area contributed by atoms with E-state index in [4.69, 9.17) is 9.47 Å². The molecule has 1 aromatic rings. The molecule has 1 aromatic carbocycles. The minimum absolute atomic E-state index is 0.248. The summed E-state index contributed by atoms with van der Waals surface area (Å²) in [5, 5.41) is 0. The van der Waals surface area contributed by atoms with E-state index in [1.807, 2.05) is 20.2 Å². The van der Waals surface area contributed by atoms with Crippen LogP contribution in [0.4, 0.5) is 0 Å². The minimum Gasteiger partial charge on any atom is -0.465 e. The first-order valence-electron chi connectivity index (χ1n) is 9.02. The summed E-state index contributed by atoms with van der Waals surface area (Å²) in [5.41, 5.74) is 1.41. The molecule has 0 N–H and O–H groups in total. The molecule has 0 bridgehead atoms. The van der Waals surface area contributed by atoms with E-state index in [9.17, 15) is 9.59 Å². The van der Waals surface area contributed by atoms with Crippen molar-refractivity contribution in [3.05, 3.63) is 35.9 Å². The van der Waals surface area contributed by atoms with Crippen LogP contribution in [0, 0.1) is 0 Å². The molecule has 0 fully saturated rings. The van der Waals surface area contributed by atoms with Crippen molar-refractivity contribution in [3.8, 4) is 0 Å². The lowest BCUT2D eigenvalue weighted by molar-refractivity contribution is -0.142. The smallest absolute Gasteiger partial charge is 0.302 e. The summed E-state index contributed by atoms with van der Waals surface area (Å²) in [6.07, 6.45) is 1.14. The SMILES string of the molecule is CC(=O)OCCN(C)CCN(C)CCOC(C)=O.CCc1ccccc1. The Morgan fingerprint density at radius 3 is 1.54 bits per heavy atom. The van der Waals surface area contributed by atoms with Gasteiger partial charge in [-0.25, -0.2) is 0 Å². The van der Waals surface area contributed by atoms with Crippen LogP contribution in [0.2, 0.25) is 0 Å². The second kappa shape index (κ2) is 15.3. The van der Waals surface area contributed by atoms with E-state index >= 15 is 0 Å². The number of carbonyl (C=O) groups excluding carboxylic acids is 2. The average molecular weight is 367 g/mol. The molecule has 148 valence electrons. The third kappa shape index (κ3) is 15.6. The van der Waals surface area contributed by atoms with Crippen LogP contribution in [-0.4, -0.2) is 75.2 Å². The van der Waals surface area contributed by atoms with Crippen molar-refractivity contribution in [2.75, 3.05) is 53.5 Å². The Morgan fingerprint density at radius 2 is 1.23 bits per heavy atom. The van der Waals surface area contributed by atoms with E-state index in [1.165, 1.54) is 19.4 Å². The number of rotatable bonds is 10. The second-order valence-electron chi connectivity index (χ2n) is 6.13. The summed E-state index contributed by atoms with van der Waals surface area (Å²) in [4.78, 5) is 25.3. The first-order chi connectivity index (χ1) is 12.3. The molecular formula is C20H34N2O4. The Labute approximate surface area is 158 Å². The highest BCUT2D eigenvalue weighted by atomic mass is 16.5. The quantitative estimate of drug-likeness (QED) is 0.592. The molecule has 6 nitrogen and oxygen atoms in total. The van der Waals surface area contributed by atoms with Crippen LogP contribution in [-0.2, 0) is 25.5 Å². The first kappa shape index (κ1) is 24.1. The summed E-state index contributed by atoms with van der Waals surface area (Å²) in [6, 6.07) is 10.5. The Morgan fingerprint density at radius 1 is 0.808 bits per heavy atom. The molecule has 0 aromatic heterocycles. The molecular weight excluding hydrogens is 332 g/mol. The number of likely N-dealkylation sites (N-methyl/N-ethyl adjacent to an activating group) is 2. The van der Waals surface area contributed by atoms with Gasteiger partial charge in [0.05, 0.1) is 0 Å². The minimum atomic E-state index is -0.248. The molecule has 0 aliphatic heterocycles. The molecule has 1 rings (SSSR count). The lowest BCUT2D eigenvalue weighted by Crippen LogP contribution is -2.34. The maximum Gasteiger partial charge on any atom is 0.302 e. The largest absolute Gasteiger partial charge is 0.465 e. The van der Waals surface area contributed by atoms with Crippen LogP contribution >= 0.6 is 0 Å². The van der Waals surface area contributed by atoms with Crippen molar-refractivity contribution in [2.24, 2.45) is 0 Å². The Bertz CT molecular complexity index is 468. The number of benzene rings is 1. The van der Waals surface area contributed by atoms with Crippen LogP contribution in [0.25, 0.3) is 0 Å². The molecule has 0 aliphatic rings. The molecule has 0 unspecified atom stereocenters. The molecule has 6 heteroatoms. The molecule has 0 heterocycles. The zero-order valence-corrected chi connectivity index (χ0v) is 16.9. The summed E-state index contributed by atoms with van der Waals surface area (Å²) >= 11 is 0. The number of aryl methyl sites for hydroxylation is 1. The molecule has 0 saturated carbocycles. The fourth-order valence-electron chi connectivity index (χ4n) is 1.97. The standard InChI is InChI=1S/C12H24N2O4.C8H10/c1-11(15)17-9-7-13(3)5-6-14(4)8-10-18-12(2)16;1-2-8-6-4-3-5-7-8/h5-10H2,1-4H3;3-7H,2H2,1H3. The molecule has 0 saturated heterocycles. The van der Waals surface area contributed by atoms with Crippen LogP contribution in [0.3, 0.4) is 0 Å². The van der Waals surface area contributed by atoms with Gasteiger partial charge in [-0.3, -0.25) is 9.59 Å². The summed E-state index contributed by atoms with van der Waals surface area (Å²) in [6.45, 7) is 9.00. The molecule has 26 heavy (non-hydrogen) atoms.